The van der Waals surface area contributed by atoms with E-state index in [1.54, 1.807) is 30.3 Å². The first kappa shape index (κ1) is 29.9. The Morgan fingerprint density at radius 1 is 0.854 bits per heavy atom. The Kier molecular flexibility index (Phi) is 7.85. The molecule has 2 atom stereocenters. The van der Waals surface area contributed by atoms with Gasteiger partial charge in [-0.2, -0.15) is 36.9 Å². The van der Waals surface area contributed by atoms with E-state index in [2.05, 4.69) is 0 Å². The normalized spacial score (nSPS) is 21.9. The Labute approximate surface area is 236 Å². The molecule has 5 nitrogen and oxygen atoms in total. The maximum atomic E-state index is 15.8. The van der Waals surface area contributed by atoms with Crippen LogP contribution in [-0.2, 0) is 0 Å². The van der Waals surface area contributed by atoms with Gasteiger partial charge in [0, 0.05) is 32.8 Å². The molecule has 0 N–H and O–H groups in total. The number of alkyl halides is 6. The molecule has 0 amide bonds. The van der Waals surface area contributed by atoms with Crippen LogP contribution >= 0.6 is 11.8 Å². The second-order valence-corrected chi connectivity index (χ2v) is 10.6. The number of ether oxygens (including phenoxy) is 3. The second kappa shape index (κ2) is 10.7. The molecule has 2 unspecified atom stereocenters. The summed E-state index contributed by atoms with van der Waals surface area (Å²) in [7, 11) is 3.62. The highest BCUT2D eigenvalue weighted by atomic mass is 32.2. The highest BCUT2D eigenvalue weighted by molar-refractivity contribution is 8.09. The van der Waals surface area contributed by atoms with Gasteiger partial charge in [-0.15, -0.1) is 11.8 Å². The molecule has 41 heavy (non-hydrogen) atoms. The molecular weight excluding hydrogens is 570 g/mol. The number of benzene rings is 2. The number of rotatable bonds is 7. The maximum absolute atomic E-state index is 15.8. The number of hydrogen-bond acceptors (Lipinski definition) is 6. The lowest BCUT2D eigenvalue weighted by Gasteiger charge is -2.27. The van der Waals surface area contributed by atoms with Crippen LogP contribution in [0.4, 0.5) is 26.3 Å². The number of nitrogens with zero attached hydrogens (tertiary/aromatic N) is 2. The van der Waals surface area contributed by atoms with Crippen molar-refractivity contribution < 1.29 is 40.6 Å². The Balaban J connectivity index is 2.13. The Morgan fingerprint density at radius 3 is 1.90 bits per heavy atom. The fraction of sp³-hybridized carbons (Fsp3) is 0.310. The van der Waals surface area contributed by atoms with Gasteiger partial charge in [0.05, 0.1) is 21.3 Å². The van der Waals surface area contributed by atoms with E-state index >= 15 is 26.3 Å². The van der Waals surface area contributed by atoms with Gasteiger partial charge >= 0.3 is 17.8 Å². The third-order valence-corrected chi connectivity index (χ3v) is 8.22. The maximum Gasteiger partial charge on any atom is 0.380 e. The fourth-order valence-corrected chi connectivity index (χ4v) is 6.25. The van der Waals surface area contributed by atoms with Crippen molar-refractivity contribution in [3.05, 3.63) is 76.4 Å². The predicted octanol–water partition coefficient (Wildman–Crippen LogP) is 7.52. The van der Waals surface area contributed by atoms with Crippen LogP contribution in [0.2, 0.25) is 0 Å². The number of nitriles is 2. The van der Waals surface area contributed by atoms with E-state index in [1.165, 1.54) is 46.5 Å². The Morgan fingerprint density at radius 2 is 1.41 bits per heavy atom. The largest absolute Gasteiger partial charge is 0.493 e. The van der Waals surface area contributed by atoms with Gasteiger partial charge in [-0.1, -0.05) is 43.3 Å². The van der Waals surface area contributed by atoms with E-state index in [4.69, 9.17) is 14.2 Å². The third kappa shape index (κ3) is 4.51. The highest BCUT2D eigenvalue weighted by Crippen LogP contribution is 2.66. The summed E-state index contributed by atoms with van der Waals surface area (Å²) >= 11 is 1.06. The molecule has 2 aromatic carbocycles. The van der Waals surface area contributed by atoms with Crippen molar-refractivity contribution in [1.82, 2.24) is 0 Å². The number of hydrogen-bond donors (Lipinski definition) is 0. The van der Waals surface area contributed by atoms with Crippen LogP contribution in [-0.4, -0.2) is 44.3 Å². The standard InChI is InChI=1S/C29H22F6N2O3S/c1-15-19(12-22(41-15)16-8-6-5-7-9-16)24-25(28(32,33)29(34,35)27(24,30)31)23(18(13-36)14-37)17-10-20(38-2)26(40-4)21(11-17)39-3/h5-12,15,19H,1-4H3. The monoisotopic (exact) mass is 592 g/mol. The van der Waals surface area contributed by atoms with Crippen molar-refractivity contribution in [3.63, 3.8) is 0 Å². The van der Waals surface area contributed by atoms with E-state index in [-0.39, 0.29) is 17.2 Å². The van der Waals surface area contributed by atoms with Gasteiger partial charge in [0.15, 0.2) is 11.5 Å². The van der Waals surface area contributed by atoms with Crippen LogP contribution in [0.3, 0.4) is 0 Å². The lowest BCUT2D eigenvalue weighted by atomic mass is 9.84. The zero-order valence-electron chi connectivity index (χ0n) is 22.1. The van der Waals surface area contributed by atoms with Crippen LogP contribution < -0.4 is 14.2 Å². The molecule has 1 heterocycles. The van der Waals surface area contributed by atoms with Crippen molar-refractivity contribution in [3.8, 4) is 29.4 Å². The molecular formula is C29H22F6N2O3S. The van der Waals surface area contributed by atoms with Gasteiger partial charge < -0.3 is 14.2 Å². The first-order valence-electron chi connectivity index (χ1n) is 12.0. The average molecular weight is 593 g/mol. The first-order valence-corrected chi connectivity index (χ1v) is 12.9. The fourth-order valence-electron chi connectivity index (χ4n) is 4.99. The molecule has 1 aliphatic carbocycles. The van der Waals surface area contributed by atoms with E-state index in [0.29, 0.717) is 10.5 Å². The molecule has 0 fully saturated rings. The summed E-state index contributed by atoms with van der Waals surface area (Å²) in [4.78, 5) is 0.434. The van der Waals surface area contributed by atoms with Gasteiger partial charge in [-0.05, 0) is 23.3 Å². The minimum atomic E-state index is -5.87. The zero-order valence-corrected chi connectivity index (χ0v) is 22.9. The molecule has 12 heteroatoms. The molecule has 0 saturated carbocycles. The van der Waals surface area contributed by atoms with E-state index in [0.717, 1.165) is 23.9 Å². The summed E-state index contributed by atoms with van der Waals surface area (Å²) in [6, 6.07) is 13.3. The zero-order chi connectivity index (χ0) is 30.3. The SMILES string of the molecule is COc1cc(C(=C(C#N)C#N)C2=C(C3C=C(c4ccccc4)SC3C)C(F)(F)C(F)(F)C2(F)F)cc(OC)c1OC. The van der Waals surface area contributed by atoms with Crippen molar-refractivity contribution in [2.75, 3.05) is 21.3 Å². The minimum absolute atomic E-state index is 0.0205. The summed E-state index contributed by atoms with van der Waals surface area (Å²) in [5, 5.41) is 18.6. The second-order valence-electron chi connectivity index (χ2n) is 9.15. The molecule has 0 spiro atoms. The van der Waals surface area contributed by atoms with E-state index < -0.39 is 56.8 Å². The van der Waals surface area contributed by atoms with E-state index in [9.17, 15) is 10.5 Å². The van der Waals surface area contributed by atoms with Crippen LogP contribution in [0.5, 0.6) is 17.2 Å². The van der Waals surface area contributed by atoms with Crippen molar-refractivity contribution >= 4 is 22.2 Å². The lowest BCUT2D eigenvalue weighted by molar-refractivity contribution is -0.265. The molecule has 0 radical (unpaired) electrons. The summed E-state index contributed by atoms with van der Waals surface area (Å²) < 4.78 is 109. The van der Waals surface area contributed by atoms with Crippen LogP contribution in [0.15, 0.2) is 65.3 Å². The molecule has 2 aromatic rings. The highest BCUT2D eigenvalue weighted by Gasteiger charge is 2.81. The number of thioether (sulfide) groups is 1. The molecule has 4 rings (SSSR count). The smallest absolute Gasteiger partial charge is 0.380 e. The molecule has 0 aromatic heterocycles. The quantitative estimate of drug-likeness (QED) is 0.245. The number of methoxy groups -OCH3 is 3. The van der Waals surface area contributed by atoms with Crippen molar-refractivity contribution in [2.24, 2.45) is 5.92 Å². The van der Waals surface area contributed by atoms with Gasteiger partial charge in [0.2, 0.25) is 5.75 Å². The average Bonchev–Trinajstić information content (AvgIpc) is 3.38. The Hall–Kier alpha value is -4.03. The Bertz CT molecular complexity index is 1510. The molecule has 214 valence electrons. The van der Waals surface area contributed by atoms with Crippen LogP contribution in [0.25, 0.3) is 10.5 Å². The molecule has 2 aliphatic rings. The third-order valence-electron chi connectivity index (χ3n) is 6.93. The van der Waals surface area contributed by atoms with Gasteiger partial charge in [0.25, 0.3) is 0 Å². The van der Waals surface area contributed by atoms with Crippen LogP contribution in [0, 0.1) is 28.6 Å². The van der Waals surface area contributed by atoms with E-state index in [1.807, 2.05) is 0 Å². The minimum Gasteiger partial charge on any atom is -0.493 e. The first-order chi connectivity index (χ1) is 19.3. The van der Waals surface area contributed by atoms with Gasteiger partial charge in [0.1, 0.15) is 17.7 Å². The van der Waals surface area contributed by atoms with Crippen molar-refractivity contribution in [2.45, 2.75) is 29.9 Å². The predicted molar refractivity (Wildman–Crippen MR) is 141 cm³/mol. The molecule has 1 aliphatic heterocycles. The number of allylic oxidation sites excluding steroid dienone is 5. The summed E-state index contributed by atoms with van der Waals surface area (Å²) in [5.74, 6) is -18.6. The molecule has 0 bridgehead atoms. The lowest BCUT2D eigenvalue weighted by Crippen LogP contribution is -2.50. The van der Waals surface area contributed by atoms with Crippen molar-refractivity contribution in [1.29, 1.82) is 10.5 Å². The van der Waals surface area contributed by atoms with Gasteiger partial charge in [-0.3, -0.25) is 0 Å². The number of halogens is 6. The van der Waals surface area contributed by atoms with Crippen LogP contribution in [0.1, 0.15) is 18.1 Å². The molecule has 0 saturated heterocycles. The topological polar surface area (TPSA) is 75.3 Å². The van der Waals surface area contributed by atoms with Gasteiger partial charge in [-0.25, -0.2) is 0 Å². The summed E-state index contributed by atoms with van der Waals surface area (Å²) in [5.41, 5.74) is -5.38. The summed E-state index contributed by atoms with van der Waals surface area (Å²) in [6.45, 7) is 1.45. The summed E-state index contributed by atoms with van der Waals surface area (Å²) in [6.07, 6.45) is 1.25.